The van der Waals surface area contributed by atoms with E-state index < -0.39 is 0 Å². The maximum absolute atomic E-state index is 11.5. The van der Waals surface area contributed by atoms with E-state index in [-0.39, 0.29) is 44.6 Å². The Labute approximate surface area is 128 Å². The quantitative estimate of drug-likeness (QED) is 0.457. The van der Waals surface area contributed by atoms with Crippen molar-refractivity contribution in [2.75, 3.05) is 0 Å². The Morgan fingerprint density at radius 1 is 1.62 bits per heavy atom. The van der Waals surface area contributed by atoms with E-state index >= 15 is 0 Å². The molecule has 0 saturated heterocycles. The van der Waals surface area contributed by atoms with Crippen LogP contribution in [0.2, 0.25) is 0 Å². The van der Waals surface area contributed by atoms with Crippen LogP contribution in [0.5, 0.6) is 0 Å². The van der Waals surface area contributed by atoms with Crippen molar-refractivity contribution in [3.63, 3.8) is 0 Å². The van der Waals surface area contributed by atoms with E-state index in [1.165, 1.54) is 0 Å². The van der Waals surface area contributed by atoms with Gasteiger partial charge in [-0.3, -0.25) is 4.79 Å². The molecule has 16 heavy (non-hydrogen) atoms. The van der Waals surface area contributed by atoms with Crippen LogP contribution >= 0.6 is 0 Å². The van der Waals surface area contributed by atoms with Gasteiger partial charge in [-0.25, -0.2) is 0 Å². The zero-order valence-corrected chi connectivity index (χ0v) is 11.4. The van der Waals surface area contributed by atoms with Gasteiger partial charge in [-0.1, -0.05) is 32.8 Å². The molecular weight excluding hydrogens is 347 g/mol. The monoisotopic (exact) mass is 362 g/mol. The van der Waals surface area contributed by atoms with Gasteiger partial charge in [-0.2, -0.15) is 24.3 Å². The summed E-state index contributed by atoms with van der Waals surface area (Å²) < 4.78 is 4.75. The number of carbonyl (C=O) groups is 1. The van der Waals surface area contributed by atoms with Crippen molar-refractivity contribution in [2.45, 2.75) is 26.2 Å². The summed E-state index contributed by atoms with van der Waals surface area (Å²) in [5.41, 5.74) is 1.51. The van der Waals surface area contributed by atoms with Crippen molar-refractivity contribution in [2.24, 2.45) is 0 Å². The third-order valence-corrected chi connectivity index (χ3v) is 2.13. The van der Waals surface area contributed by atoms with Gasteiger partial charge in [-0.15, -0.1) is 5.56 Å². The molecule has 0 amide bonds. The maximum atomic E-state index is 11.5. The molecule has 1 aromatic carbocycles. The molecule has 0 fully saturated rings. The van der Waals surface area contributed by atoms with Crippen LogP contribution in [0.1, 0.15) is 35.7 Å². The molecular formula is C13H15O2Tb-. The van der Waals surface area contributed by atoms with Crippen LogP contribution < -0.4 is 0 Å². The number of hydrogen-bond acceptors (Lipinski definition) is 2. The van der Waals surface area contributed by atoms with Crippen LogP contribution in [0.25, 0.3) is 0 Å². The number of benzene rings is 1. The first-order valence-corrected chi connectivity index (χ1v) is 5.11. The van der Waals surface area contributed by atoms with Crippen LogP contribution in [-0.4, -0.2) is 5.97 Å². The molecule has 0 bridgehead atoms. The topological polar surface area (TPSA) is 26.3 Å². The Morgan fingerprint density at radius 2 is 2.38 bits per heavy atom. The molecule has 0 aromatic heterocycles. The summed E-state index contributed by atoms with van der Waals surface area (Å²) in [6.07, 6.45) is 4.16. The molecule has 0 unspecified atom stereocenters. The number of rotatable bonds is 5. The summed E-state index contributed by atoms with van der Waals surface area (Å²) in [5.74, 6) is -0.354. The molecule has 1 rings (SSSR count). The first kappa shape index (κ1) is 15.7. The van der Waals surface area contributed by atoms with Gasteiger partial charge < -0.3 is 4.74 Å². The van der Waals surface area contributed by atoms with Crippen molar-refractivity contribution in [1.29, 1.82) is 0 Å². The molecule has 0 N–H and O–H groups in total. The van der Waals surface area contributed by atoms with Gasteiger partial charge in [0.25, 0.3) is 5.97 Å². The van der Waals surface area contributed by atoms with Gasteiger partial charge in [0.1, 0.15) is 0 Å². The SMILES string of the molecule is C=COC(=O)c1ccc[c-]c1CCCC.[Tb]. The van der Waals surface area contributed by atoms with Gasteiger partial charge in [0.2, 0.25) is 0 Å². The van der Waals surface area contributed by atoms with Gasteiger partial charge in [-0.05, 0) is 5.56 Å². The zero-order chi connectivity index (χ0) is 11.1. The minimum Gasteiger partial charge on any atom is -0.441 e. The molecule has 0 atom stereocenters. The molecule has 3 heteroatoms. The number of hydrogen-bond donors (Lipinski definition) is 0. The van der Waals surface area contributed by atoms with Crippen molar-refractivity contribution in [3.05, 3.63) is 48.2 Å². The number of esters is 1. The Morgan fingerprint density at radius 3 is 3.00 bits per heavy atom. The van der Waals surface area contributed by atoms with Gasteiger partial charge in [0.05, 0.1) is 6.26 Å². The summed E-state index contributed by atoms with van der Waals surface area (Å²) in [4.78, 5) is 11.5. The summed E-state index contributed by atoms with van der Waals surface area (Å²) in [6, 6.07) is 8.44. The van der Waals surface area contributed by atoms with Crippen LogP contribution in [0.15, 0.2) is 31.0 Å². The summed E-state index contributed by atoms with van der Waals surface area (Å²) in [7, 11) is 0. The third kappa shape index (κ3) is 4.70. The van der Waals surface area contributed by atoms with Gasteiger partial charge >= 0.3 is 0 Å². The first-order valence-electron chi connectivity index (χ1n) is 5.11. The van der Waals surface area contributed by atoms with Crippen molar-refractivity contribution < 1.29 is 48.1 Å². The predicted molar refractivity (Wildman–Crippen MR) is 59.5 cm³/mol. The number of unbranched alkanes of at least 4 members (excludes halogenated alkanes) is 1. The minimum atomic E-state index is -0.354. The van der Waals surface area contributed by atoms with E-state index in [9.17, 15) is 4.79 Å². The van der Waals surface area contributed by atoms with E-state index in [4.69, 9.17) is 4.74 Å². The molecule has 1 aromatic rings. The average Bonchev–Trinajstić information content (AvgIpc) is 2.27. The van der Waals surface area contributed by atoms with Crippen molar-refractivity contribution in [1.82, 2.24) is 0 Å². The van der Waals surface area contributed by atoms with Crippen LogP contribution in [0.4, 0.5) is 0 Å². The fraction of sp³-hybridized carbons (Fsp3) is 0.308. The fourth-order valence-electron chi connectivity index (χ4n) is 1.36. The van der Waals surface area contributed by atoms with E-state index in [1.54, 1.807) is 12.1 Å². The first-order chi connectivity index (χ1) is 7.29. The van der Waals surface area contributed by atoms with Crippen molar-refractivity contribution in [3.8, 4) is 0 Å². The Bertz CT molecular complexity index is 348. The smallest absolute Gasteiger partial charge is 0.286 e. The molecule has 0 heterocycles. The molecule has 0 aliphatic rings. The van der Waals surface area contributed by atoms with Crippen LogP contribution in [-0.2, 0) is 11.2 Å². The minimum absolute atomic E-state index is 0. The second-order valence-electron chi connectivity index (χ2n) is 3.24. The van der Waals surface area contributed by atoms with Crippen LogP contribution in [0, 0.1) is 44.7 Å². The second kappa shape index (κ2) is 8.82. The third-order valence-electron chi connectivity index (χ3n) is 2.13. The number of carbonyl (C=O) groups excluding carboxylic acids is 1. The normalized spacial score (nSPS) is 9.06. The van der Waals surface area contributed by atoms with E-state index in [2.05, 4.69) is 19.6 Å². The molecule has 0 aliphatic heterocycles. The number of ether oxygens (including phenoxy) is 1. The molecule has 0 spiro atoms. The Balaban J connectivity index is 0.00000225. The molecule has 2 nitrogen and oxygen atoms in total. The van der Waals surface area contributed by atoms with Crippen LogP contribution in [0.3, 0.4) is 0 Å². The van der Waals surface area contributed by atoms with E-state index in [0.717, 1.165) is 31.1 Å². The number of aryl methyl sites for hydroxylation is 1. The second-order valence-corrected chi connectivity index (χ2v) is 3.24. The molecule has 0 saturated carbocycles. The molecule has 0 aliphatic carbocycles. The Kier molecular flexibility index (Phi) is 8.66. The molecule has 1 radical (unpaired) electrons. The molecule has 89 valence electrons. The Hall–Kier alpha value is -0.284. The maximum Gasteiger partial charge on any atom is 0.286 e. The fourth-order valence-corrected chi connectivity index (χ4v) is 1.36. The predicted octanol–water partition coefficient (Wildman–Crippen LogP) is 3.13. The van der Waals surface area contributed by atoms with Crippen molar-refractivity contribution >= 4 is 5.97 Å². The van der Waals surface area contributed by atoms with Gasteiger partial charge in [0.15, 0.2) is 0 Å². The van der Waals surface area contributed by atoms with E-state index in [1.807, 2.05) is 6.07 Å². The van der Waals surface area contributed by atoms with E-state index in [0.29, 0.717) is 5.56 Å². The average molecular weight is 362 g/mol. The zero-order valence-electron chi connectivity index (χ0n) is 9.29. The largest absolute Gasteiger partial charge is 0.441 e. The summed E-state index contributed by atoms with van der Waals surface area (Å²) >= 11 is 0. The summed E-state index contributed by atoms with van der Waals surface area (Å²) in [5, 5.41) is 0. The van der Waals surface area contributed by atoms with Gasteiger partial charge in [0, 0.05) is 38.6 Å². The standard InChI is InChI=1S/C13H15O2.Tb/c1-3-5-8-11-9-6-7-10-12(11)13(14)15-4-2;/h4,6-7,10H,2-3,5,8H2,1H3;/q-1;. The summed E-state index contributed by atoms with van der Waals surface area (Å²) in [6.45, 7) is 5.48.